The number of aromatic nitrogens is 2. The first kappa shape index (κ1) is 12.1. The zero-order valence-electron chi connectivity index (χ0n) is 10.0. The second-order valence-corrected chi connectivity index (χ2v) is 4.35. The minimum atomic E-state index is -0.362. The maximum absolute atomic E-state index is 11.5. The van der Waals surface area contributed by atoms with Crippen LogP contribution in [-0.2, 0) is 4.74 Å². The second-order valence-electron chi connectivity index (χ2n) is 4.35. The van der Waals surface area contributed by atoms with Crippen molar-refractivity contribution in [2.75, 3.05) is 6.61 Å². The minimum absolute atomic E-state index is 0.00748. The van der Waals surface area contributed by atoms with Gasteiger partial charge in [0, 0.05) is 6.20 Å². The Morgan fingerprint density at radius 1 is 1.59 bits per heavy atom. The van der Waals surface area contributed by atoms with E-state index >= 15 is 0 Å². The van der Waals surface area contributed by atoms with Crippen LogP contribution in [0.15, 0.2) is 12.4 Å². The number of hydrogen-bond donors (Lipinski definition) is 1. The molecule has 1 aromatic heterocycles. The van der Waals surface area contributed by atoms with Gasteiger partial charge in [0.05, 0.1) is 30.5 Å². The molecule has 0 aliphatic heterocycles. The van der Waals surface area contributed by atoms with E-state index in [2.05, 4.69) is 5.10 Å². The number of aliphatic hydroxyl groups is 1. The number of nitrogens with zero attached hydrogens (tertiary/aromatic N) is 2. The highest BCUT2D eigenvalue weighted by Gasteiger charge is 2.25. The lowest BCUT2D eigenvalue weighted by molar-refractivity contribution is 0.0523. The number of hydrogen-bond acceptors (Lipinski definition) is 4. The molecule has 1 heterocycles. The van der Waals surface area contributed by atoms with Gasteiger partial charge in [-0.2, -0.15) is 5.10 Å². The normalized spacial score (nSPS) is 24.6. The molecule has 0 amide bonds. The fourth-order valence-electron chi connectivity index (χ4n) is 2.24. The minimum Gasteiger partial charge on any atom is -0.462 e. The molecule has 1 aliphatic carbocycles. The monoisotopic (exact) mass is 238 g/mol. The standard InChI is InChI=1S/C12H18N2O3/c1-2-17-12(16)9-7-13-14(8-9)10-5-3-4-6-11(10)15/h7-8,10-11,15H,2-6H2,1H3/t10?,11-/m0/s1. The molecular formula is C12H18N2O3. The van der Waals surface area contributed by atoms with Crippen LogP contribution in [0.2, 0.25) is 0 Å². The van der Waals surface area contributed by atoms with Crippen LogP contribution in [0, 0.1) is 0 Å². The Hall–Kier alpha value is -1.36. The smallest absolute Gasteiger partial charge is 0.341 e. The van der Waals surface area contributed by atoms with E-state index in [0.29, 0.717) is 12.2 Å². The summed E-state index contributed by atoms with van der Waals surface area (Å²) < 4.78 is 6.59. The third kappa shape index (κ3) is 2.66. The van der Waals surface area contributed by atoms with Gasteiger partial charge in [0.15, 0.2) is 0 Å². The van der Waals surface area contributed by atoms with Gasteiger partial charge in [0.25, 0.3) is 0 Å². The van der Waals surface area contributed by atoms with Crippen molar-refractivity contribution in [3.05, 3.63) is 18.0 Å². The van der Waals surface area contributed by atoms with Crippen molar-refractivity contribution < 1.29 is 14.6 Å². The molecule has 5 nitrogen and oxygen atoms in total. The summed E-state index contributed by atoms with van der Waals surface area (Å²) in [7, 11) is 0. The molecule has 1 unspecified atom stereocenters. The van der Waals surface area contributed by atoms with Gasteiger partial charge in [-0.15, -0.1) is 0 Å². The summed E-state index contributed by atoms with van der Waals surface area (Å²) in [6, 6.07) is -0.00748. The fourth-order valence-corrected chi connectivity index (χ4v) is 2.24. The summed E-state index contributed by atoms with van der Waals surface area (Å²) in [5.74, 6) is -0.357. The Kier molecular flexibility index (Phi) is 3.78. The first-order valence-corrected chi connectivity index (χ1v) is 6.11. The van der Waals surface area contributed by atoms with Gasteiger partial charge in [-0.3, -0.25) is 4.68 Å². The van der Waals surface area contributed by atoms with Crippen LogP contribution >= 0.6 is 0 Å². The number of carbonyl (C=O) groups is 1. The third-order valence-corrected chi connectivity index (χ3v) is 3.15. The van der Waals surface area contributed by atoms with Crippen LogP contribution in [0.3, 0.4) is 0 Å². The summed E-state index contributed by atoms with van der Waals surface area (Å²) in [5, 5.41) is 14.0. The number of ether oxygens (including phenoxy) is 1. The first-order chi connectivity index (χ1) is 8.22. The fraction of sp³-hybridized carbons (Fsp3) is 0.667. The molecule has 0 radical (unpaired) electrons. The summed E-state index contributed by atoms with van der Waals surface area (Å²) in [6.45, 7) is 2.13. The molecule has 0 bridgehead atoms. The first-order valence-electron chi connectivity index (χ1n) is 6.11. The van der Waals surface area contributed by atoms with E-state index < -0.39 is 0 Å². The number of esters is 1. The Bertz CT molecular complexity index is 389. The van der Waals surface area contributed by atoms with Crippen molar-refractivity contribution in [2.24, 2.45) is 0 Å². The van der Waals surface area contributed by atoms with Crippen LogP contribution < -0.4 is 0 Å². The van der Waals surface area contributed by atoms with Gasteiger partial charge < -0.3 is 9.84 Å². The summed E-state index contributed by atoms with van der Waals surface area (Å²) in [5.41, 5.74) is 0.449. The highest BCUT2D eigenvalue weighted by molar-refractivity contribution is 5.88. The summed E-state index contributed by atoms with van der Waals surface area (Å²) in [6.07, 6.45) is 6.67. The maximum Gasteiger partial charge on any atom is 0.341 e. The van der Waals surface area contributed by atoms with E-state index in [-0.39, 0.29) is 18.1 Å². The molecule has 2 atom stereocenters. The SMILES string of the molecule is CCOC(=O)c1cnn(C2CCCC[C@@H]2O)c1. The number of aliphatic hydroxyl groups excluding tert-OH is 1. The van der Waals surface area contributed by atoms with E-state index in [9.17, 15) is 9.90 Å². The molecule has 17 heavy (non-hydrogen) atoms. The Morgan fingerprint density at radius 3 is 3.06 bits per heavy atom. The average Bonchev–Trinajstić information content (AvgIpc) is 2.79. The van der Waals surface area contributed by atoms with Crippen LogP contribution in [-0.4, -0.2) is 33.6 Å². The van der Waals surface area contributed by atoms with Gasteiger partial charge in [-0.1, -0.05) is 12.8 Å². The Balaban J connectivity index is 2.09. The lowest BCUT2D eigenvalue weighted by Gasteiger charge is -2.27. The van der Waals surface area contributed by atoms with Crippen LogP contribution in [0.1, 0.15) is 49.0 Å². The third-order valence-electron chi connectivity index (χ3n) is 3.15. The van der Waals surface area contributed by atoms with Crippen molar-refractivity contribution in [1.82, 2.24) is 9.78 Å². The second kappa shape index (κ2) is 5.31. The zero-order chi connectivity index (χ0) is 12.3. The lowest BCUT2D eigenvalue weighted by atomic mass is 9.93. The Morgan fingerprint density at radius 2 is 2.35 bits per heavy atom. The topological polar surface area (TPSA) is 64.3 Å². The van der Waals surface area contributed by atoms with Gasteiger partial charge >= 0.3 is 5.97 Å². The molecule has 1 saturated carbocycles. The zero-order valence-corrected chi connectivity index (χ0v) is 10.0. The van der Waals surface area contributed by atoms with Crippen molar-refractivity contribution in [2.45, 2.75) is 44.8 Å². The largest absolute Gasteiger partial charge is 0.462 e. The average molecular weight is 238 g/mol. The molecule has 94 valence electrons. The van der Waals surface area contributed by atoms with Crippen molar-refractivity contribution in [3.63, 3.8) is 0 Å². The van der Waals surface area contributed by atoms with Gasteiger partial charge in [-0.25, -0.2) is 4.79 Å². The van der Waals surface area contributed by atoms with Crippen molar-refractivity contribution in [3.8, 4) is 0 Å². The van der Waals surface area contributed by atoms with Gasteiger partial charge in [-0.05, 0) is 19.8 Å². The van der Waals surface area contributed by atoms with Crippen LogP contribution in [0.5, 0.6) is 0 Å². The van der Waals surface area contributed by atoms with E-state index in [1.54, 1.807) is 17.8 Å². The van der Waals surface area contributed by atoms with Gasteiger partial charge in [0.1, 0.15) is 0 Å². The molecule has 0 aromatic carbocycles. The van der Waals surface area contributed by atoms with E-state index in [4.69, 9.17) is 4.74 Å². The van der Waals surface area contributed by atoms with E-state index in [0.717, 1.165) is 25.7 Å². The molecule has 1 fully saturated rings. The van der Waals surface area contributed by atoms with Crippen LogP contribution in [0.25, 0.3) is 0 Å². The van der Waals surface area contributed by atoms with Crippen molar-refractivity contribution in [1.29, 1.82) is 0 Å². The highest BCUT2D eigenvalue weighted by atomic mass is 16.5. The predicted molar refractivity (Wildman–Crippen MR) is 61.7 cm³/mol. The summed E-state index contributed by atoms with van der Waals surface area (Å²) in [4.78, 5) is 11.5. The van der Waals surface area contributed by atoms with E-state index in [1.165, 1.54) is 6.20 Å². The van der Waals surface area contributed by atoms with Crippen molar-refractivity contribution >= 4 is 5.97 Å². The molecular weight excluding hydrogens is 220 g/mol. The lowest BCUT2D eigenvalue weighted by Crippen LogP contribution is -2.27. The molecule has 5 heteroatoms. The molecule has 0 saturated heterocycles. The van der Waals surface area contributed by atoms with Gasteiger partial charge in [0.2, 0.25) is 0 Å². The predicted octanol–water partition coefficient (Wildman–Crippen LogP) is 1.54. The number of rotatable bonds is 3. The van der Waals surface area contributed by atoms with E-state index in [1.807, 2.05) is 0 Å². The molecule has 1 aliphatic rings. The maximum atomic E-state index is 11.5. The Labute approximate surface area is 100 Å². The number of carbonyl (C=O) groups excluding carboxylic acids is 1. The van der Waals surface area contributed by atoms with Crippen LogP contribution in [0.4, 0.5) is 0 Å². The highest BCUT2D eigenvalue weighted by Crippen LogP contribution is 2.28. The molecule has 0 spiro atoms. The quantitative estimate of drug-likeness (QED) is 0.811. The molecule has 1 N–H and O–H groups in total. The molecule has 2 rings (SSSR count). The summed E-state index contributed by atoms with van der Waals surface area (Å²) >= 11 is 0. The molecule has 1 aromatic rings.